The minimum atomic E-state index is 1.15. The standard InChI is InChI=1S/C11H10.C11H12/c1-9-6-7-10-4-2-3-5-11(10)8-9;1-4-10-8-6-7-9(3)11(10)5-2/h2-8H,1H3;4-8H,1-2H2,3H3. The van der Waals surface area contributed by atoms with Crippen LogP contribution in [-0.2, 0) is 0 Å². The van der Waals surface area contributed by atoms with Crippen LogP contribution < -0.4 is 0 Å². The second-order valence-electron chi connectivity index (χ2n) is 5.34. The second kappa shape index (κ2) is 7.42. The van der Waals surface area contributed by atoms with E-state index in [1.54, 1.807) is 0 Å². The molecule has 0 fully saturated rings. The lowest BCUT2D eigenvalue weighted by Crippen LogP contribution is -1.83. The molecule has 0 heteroatoms. The average Bonchev–Trinajstić information content (AvgIpc) is 2.55. The summed E-state index contributed by atoms with van der Waals surface area (Å²) in [4.78, 5) is 0. The van der Waals surface area contributed by atoms with Crippen molar-refractivity contribution in [1.29, 1.82) is 0 Å². The molecule has 0 radical (unpaired) electrons. The number of fused-ring (bicyclic) bond motifs is 1. The highest BCUT2D eigenvalue weighted by molar-refractivity contribution is 5.82. The van der Waals surface area contributed by atoms with Gasteiger partial charge in [0.2, 0.25) is 0 Å². The molecule has 0 amide bonds. The Kier molecular flexibility index (Phi) is 5.32. The zero-order valence-corrected chi connectivity index (χ0v) is 13.3. The van der Waals surface area contributed by atoms with Crippen LogP contribution in [-0.4, -0.2) is 0 Å². The molecular formula is C22H22. The lowest BCUT2D eigenvalue weighted by molar-refractivity contribution is 1.43. The van der Waals surface area contributed by atoms with E-state index in [-0.39, 0.29) is 0 Å². The molecule has 0 nitrogen and oxygen atoms in total. The van der Waals surface area contributed by atoms with Crippen molar-refractivity contribution in [2.45, 2.75) is 13.8 Å². The van der Waals surface area contributed by atoms with Gasteiger partial charge in [0.25, 0.3) is 0 Å². The Labute approximate surface area is 133 Å². The second-order valence-corrected chi connectivity index (χ2v) is 5.34. The van der Waals surface area contributed by atoms with Crippen molar-refractivity contribution in [2.24, 2.45) is 0 Å². The van der Waals surface area contributed by atoms with Crippen molar-refractivity contribution < 1.29 is 0 Å². The summed E-state index contributed by atoms with van der Waals surface area (Å²) in [5.41, 5.74) is 4.91. The molecule has 0 N–H and O–H groups in total. The van der Waals surface area contributed by atoms with Crippen LogP contribution in [0.5, 0.6) is 0 Å². The summed E-state index contributed by atoms with van der Waals surface area (Å²) in [5.74, 6) is 0. The molecule has 0 aliphatic carbocycles. The molecule has 0 atom stereocenters. The maximum atomic E-state index is 3.75. The minimum absolute atomic E-state index is 1.15. The lowest BCUT2D eigenvalue weighted by atomic mass is 10.0. The van der Waals surface area contributed by atoms with Crippen LogP contribution in [0.1, 0.15) is 22.3 Å². The number of hydrogen-bond acceptors (Lipinski definition) is 0. The predicted octanol–water partition coefficient (Wildman–Crippen LogP) is 6.43. The third-order valence-corrected chi connectivity index (χ3v) is 3.69. The Bertz CT molecular complexity index is 794. The fourth-order valence-corrected chi connectivity index (χ4v) is 2.47. The molecule has 0 heterocycles. The Morgan fingerprint density at radius 2 is 1.45 bits per heavy atom. The number of benzene rings is 3. The molecule has 0 aliphatic heterocycles. The van der Waals surface area contributed by atoms with E-state index in [0.29, 0.717) is 0 Å². The Balaban J connectivity index is 0.000000160. The van der Waals surface area contributed by atoms with Gasteiger partial charge in [-0.1, -0.05) is 91.5 Å². The van der Waals surface area contributed by atoms with Crippen molar-refractivity contribution in [1.82, 2.24) is 0 Å². The zero-order chi connectivity index (χ0) is 15.9. The van der Waals surface area contributed by atoms with Gasteiger partial charge in [-0.15, -0.1) is 0 Å². The van der Waals surface area contributed by atoms with Gasteiger partial charge in [-0.3, -0.25) is 0 Å². The summed E-state index contributed by atoms with van der Waals surface area (Å²) in [5, 5.41) is 2.64. The van der Waals surface area contributed by atoms with Gasteiger partial charge >= 0.3 is 0 Å². The number of aryl methyl sites for hydroxylation is 2. The van der Waals surface area contributed by atoms with E-state index in [9.17, 15) is 0 Å². The molecule has 0 aromatic heterocycles. The van der Waals surface area contributed by atoms with Gasteiger partial charge in [0.15, 0.2) is 0 Å². The summed E-state index contributed by atoms with van der Waals surface area (Å²) >= 11 is 0. The molecule has 0 saturated carbocycles. The van der Waals surface area contributed by atoms with Gasteiger partial charge < -0.3 is 0 Å². The van der Waals surface area contributed by atoms with E-state index in [1.165, 1.54) is 27.5 Å². The minimum Gasteiger partial charge on any atom is -0.0984 e. The quantitative estimate of drug-likeness (QED) is 0.509. The topological polar surface area (TPSA) is 0 Å². The van der Waals surface area contributed by atoms with Gasteiger partial charge in [0.1, 0.15) is 0 Å². The lowest BCUT2D eigenvalue weighted by Gasteiger charge is -2.03. The molecule has 0 saturated heterocycles. The van der Waals surface area contributed by atoms with E-state index < -0.39 is 0 Å². The van der Waals surface area contributed by atoms with Gasteiger partial charge in [-0.2, -0.15) is 0 Å². The zero-order valence-electron chi connectivity index (χ0n) is 13.3. The molecule has 3 aromatic carbocycles. The highest BCUT2D eigenvalue weighted by atomic mass is 14.0. The third-order valence-electron chi connectivity index (χ3n) is 3.69. The summed E-state index contributed by atoms with van der Waals surface area (Å²) in [6.45, 7) is 11.7. The first-order valence-electron chi connectivity index (χ1n) is 7.45. The average molecular weight is 286 g/mol. The van der Waals surface area contributed by atoms with Crippen LogP contribution in [0.4, 0.5) is 0 Å². The van der Waals surface area contributed by atoms with Gasteiger partial charge in [0, 0.05) is 0 Å². The molecule has 0 aliphatic rings. The van der Waals surface area contributed by atoms with E-state index >= 15 is 0 Å². The largest absolute Gasteiger partial charge is 0.0984 e. The third kappa shape index (κ3) is 3.73. The molecule has 22 heavy (non-hydrogen) atoms. The van der Waals surface area contributed by atoms with Crippen LogP contribution in [0.3, 0.4) is 0 Å². The summed E-state index contributed by atoms with van der Waals surface area (Å²) in [6, 6.07) is 21.1. The van der Waals surface area contributed by atoms with Crippen molar-refractivity contribution >= 4 is 22.9 Å². The van der Waals surface area contributed by atoms with Crippen LogP contribution in [0.25, 0.3) is 22.9 Å². The van der Waals surface area contributed by atoms with Gasteiger partial charge in [0.05, 0.1) is 0 Å². The molecular weight excluding hydrogens is 264 g/mol. The molecule has 0 unspecified atom stereocenters. The van der Waals surface area contributed by atoms with Crippen LogP contribution in [0, 0.1) is 13.8 Å². The molecule has 3 rings (SSSR count). The molecule has 0 bridgehead atoms. The maximum absolute atomic E-state index is 3.75. The van der Waals surface area contributed by atoms with Crippen LogP contribution >= 0.6 is 0 Å². The molecule has 110 valence electrons. The first-order valence-corrected chi connectivity index (χ1v) is 7.45. The monoisotopic (exact) mass is 286 g/mol. The first kappa shape index (κ1) is 15.8. The van der Waals surface area contributed by atoms with Crippen LogP contribution in [0.2, 0.25) is 0 Å². The van der Waals surface area contributed by atoms with Crippen molar-refractivity contribution in [3.63, 3.8) is 0 Å². The summed E-state index contributed by atoms with van der Waals surface area (Å²) in [7, 11) is 0. The van der Waals surface area contributed by atoms with E-state index in [1.807, 2.05) is 24.3 Å². The van der Waals surface area contributed by atoms with E-state index in [4.69, 9.17) is 0 Å². The number of hydrogen-bond donors (Lipinski definition) is 0. The SMILES string of the molecule is C=Cc1cccc(C)c1C=C.Cc1ccc2ccccc2c1. The normalized spacial score (nSPS) is 9.73. The Hall–Kier alpha value is -2.60. The number of rotatable bonds is 2. The maximum Gasteiger partial charge on any atom is -0.0161 e. The summed E-state index contributed by atoms with van der Waals surface area (Å²) in [6.07, 6.45) is 3.72. The first-order chi connectivity index (χ1) is 10.7. The van der Waals surface area contributed by atoms with E-state index in [0.717, 1.165) is 5.56 Å². The predicted molar refractivity (Wildman–Crippen MR) is 100 cm³/mol. The highest BCUT2D eigenvalue weighted by Gasteiger charge is 1.96. The van der Waals surface area contributed by atoms with E-state index in [2.05, 4.69) is 75.5 Å². The van der Waals surface area contributed by atoms with Gasteiger partial charge in [-0.05, 0) is 41.3 Å². The van der Waals surface area contributed by atoms with Crippen molar-refractivity contribution in [3.05, 3.63) is 96.1 Å². The highest BCUT2D eigenvalue weighted by Crippen LogP contribution is 2.16. The van der Waals surface area contributed by atoms with Crippen molar-refractivity contribution in [3.8, 4) is 0 Å². The molecule has 0 spiro atoms. The summed E-state index contributed by atoms with van der Waals surface area (Å²) < 4.78 is 0. The smallest absolute Gasteiger partial charge is 0.0161 e. The molecule has 3 aromatic rings. The van der Waals surface area contributed by atoms with Crippen molar-refractivity contribution in [2.75, 3.05) is 0 Å². The van der Waals surface area contributed by atoms with Gasteiger partial charge in [-0.25, -0.2) is 0 Å². The fourth-order valence-electron chi connectivity index (χ4n) is 2.47. The Morgan fingerprint density at radius 3 is 2.09 bits per heavy atom. The fraction of sp³-hybridized carbons (Fsp3) is 0.0909. The van der Waals surface area contributed by atoms with Crippen LogP contribution in [0.15, 0.2) is 73.8 Å². The Morgan fingerprint density at radius 1 is 0.727 bits per heavy atom.